The number of unbranched alkanes of at least 4 members (excludes halogenated alkanes) is 35. The maximum Gasteiger partial charge on any atom is 0.362 e. The first kappa shape index (κ1) is 59.3. The van der Waals surface area contributed by atoms with E-state index in [2.05, 4.69) is 13.8 Å². The topological polar surface area (TPSA) is 99.1 Å². The minimum atomic E-state index is -0.869. The number of rotatable bonds is 49. The van der Waals surface area contributed by atoms with E-state index in [0.29, 0.717) is 19.3 Å². The van der Waals surface area contributed by atoms with Crippen molar-refractivity contribution in [2.24, 2.45) is 0 Å². The first-order chi connectivity index (χ1) is 29.6. The van der Waals surface area contributed by atoms with E-state index in [1.54, 1.807) is 0 Å². The number of esters is 2. The van der Waals surface area contributed by atoms with E-state index in [1.807, 2.05) is 21.1 Å². The van der Waals surface area contributed by atoms with Gasteiger partial charge in [-0.1, -0.05) is 239 Å². The van der Waals surface area contributed by atoms with Gasteiger partial charge in [0, 0.05) is 19.3 Å². The number of carboxylic acids is 1. The van der Waals surface area contributed by atoms with Gasteiger partial charge in [-0.2, -0.15) is 0 Å². The fourth-order valence-corrected chi connectivity index (χ4v) is 8.39. The highest BCUT2D eigenvalue weighted by molar-refractivity contribution is 5.72. The van der Waals surface area contributed by atoms with Crippen molar-refractivity contribution >= 4 is 17.9 Å². The molecule has 0 aliphatic heterocycles. The Kier molecular flexibility index (Phi) is 43.7. The fourth-order valence-electron chi connectivity index (χ4n) is 8.39. The molecule has 0 aromatic carbocycles. The maximum absolute atomic E-state index is 12.8. The summed E-state index contributed by atoms with van der Waals surface area (Å²) in [5.41, 5.74) is 0. The lowest BCUT2D eigenvalue weighted by molar-refractivity contribution is -0.887. The van der Waals surface area contributed by atoms with Crippen molar-refractivity contribution in [3.05, 3.63) is 0 Å². The third-order valence-corrected chi connectivity index (χ3v) is 12.5. The zero-order valence-electron chi connectivity index (χ0n) is 41.4. The Bertz CT molecular complexity index is 967. The molecule has 0 heterocycles. The Balaban J connectivity index is 4.13. The van der Waals surface area contributed by atoms with Crippen LogP contribution in [-0.4, -0.2) is 80.6 Å². The van der Waals surface area contributed by atoms with E-state index >= 15 is 0 Å². The summed E-state index contributed by atoms with van der Waals surface area (Å²) in [6.45, 7) is 4.80. The van der Waals surface area contributed by atoms with Gasteiger partial charge in [0.15, 0.2) is 12.1 Å². The molecule has 8 heteroatoms. The lowest BCUT2D eigenvalue weighted by atomic mass is 10.0. The number of carbonyl (C=O) groups excluding carboxylic acids is 2. The SMILES string of the molecule is CCCCCCCCCCCCCCCCCCCCCCCCC(=O)OCC(COCCC(C(=O)O)[N+](C)(C)C)OC(=O)CCCCCCCCCCCCCCCCC. The summed E-state index contributed by atoms with van der Waals surface area (Å²) >= 11 is 0. The predicted octanol–water partition coefficient (Wildman–Crippen LogP) is 15.3. The van der Waals surface area contributed by atoms with E-state index in [4.69, 9.17) is 14.2 Å². The molecule has 0 radical (unpaired) electrons. The van der Waals surface area contributed by atoms with Gasteiger partial charge in [-0.05, 0) is 12.8 Å². The van der Waals surface area contributed by atoms with Crippen molar-refractivity contribution < 1.29 is 38.2 Å². The van der Waals surface area contributed by atoms with Crippen molar-refractivity contribution in [1.82, 2.24) is 0 Å². The summed E-state index contributed by atoms with van der Waals surface area (Å²) in [5, 5.41) is 9.65. The van der Waals surface area contributed by atoms with Gasteiger partial charge >= 0.3 is 17.9 Å². The van der Waals surface area contributed by atoms with Crippen LogP contribution in [0.5, 0.6) is 0 Å². The standard InChI is InChI=1S/C53H103NO7/c1-6-8-10-12-14-16-18-20-22-23-24-25-26-27-28-30-31-33-35-37-39-41-43-51(55)60-48-49(47-59-46-45-50(53(57)58)54(3,4)5)61-52(56)44-42-40-38-36-34-32-29-21-19-17-15-13-11-9-7-2/h49-50H,6-48H2,1-5H3/p+1. The summed E-state index contributed by atoms with van der Waals surface area (Å²) in [7, 11) is 5.55. The molecule has 0 aliphatic carbocycles. The molecule has 8 nitrogen and oxygen atoms in total. The van der Waals surface area contributed by atoms with Crippen molar-refractivity contribution in [3.8, 4) is 0 Å². The molecule has 0 aromatic rings. The summed E-state index contributed by atoms with van der Waals surface area (Å²) in [4.78, 5) is 37.1. The van der Waals surface area contributed by atoms with E-state index in [0.717, 1.165) is 38.5 Å². The van der Waals surface area contributed by atoms with E-state index in [9.17, 15) is 19.5 Å². The predicted molar refractivity (Wildman–Crippen MR) is 257 cm³/mol. The van der Waals surface area contributed by atoms with Crippen LogP contribution in [0.1, 0.15) is 271 Å². The normalized spacial score (nSPS) is 12.7. The quantitative estimate of drug-likeness (QED) is 0.0369. The van der Waals surface area contributed by atoms with Crippen LogP contribution in [-0.2, 0) is 28.6 Å². The highest BCUT2D eigenvalue weighted by Crippen LogP contribution is 2.17. The molecule has 0 amide bonds. The number of carbonyl (C=O) groups is 3. The molecule has 0 saturated carbocycles. The second kappa shape index (κ2) is 44.9. The van der Waals surface area contributed by atoms with Crippen LogP contribution >= 0.6 is 0 Å². The van der Waals surface area contributed by atoms with Gasteiger partial charge in [0.25, 0.3) is 0 Å². The maximum atomic E-state index is 12.8. The minimum Gasteiger partial charge on any atom is -0.477 e. The third-order valence-electron chi connectivity index (χ3n) is 12.5. The summed E-state index contributed by atoms with van der Waals surface area (Å²) < 4.78 is 17.4. The van der Waals surface area contributed by atoms with E-state index < -0.39 is 18.1 Å². The van der Waals surface area contributed by atoms with Crippen molar-refractivity contribution in [1.29, 1.82) is 0 Å². The van der Waals surface area contributed by atoms with Gasteiger partial charge in [-0.3, -0.25) is 9.59 Å². The molecule has 0 saturated heterocycles. The third kappa shape index (κ3) is 43.4. The second-order valence-electron chi connectivity index (χ2n) is 19.5. The molecule has 2 atom stereocenters. The Morgan fingerprint density at radius 1 is 0.426 bits per heavy atom. The zero-order valence-corrected chi connectivity index (χ0v) is 41.4. The van der Waals surface area contributed by atoms with Crippen LogP contribution in [0.25, 0.3) is 0 Å². The number of hydrogen-bond acceptors (Lipinski definition) is 6. The molecule has 0 bridgehead atoms. The number of likely N-dealkylation sites (N-methyl/N-ethyl adjacent to an activating group) is 1. The Hall–Kier alpha value is -1.67. The summed E-state index contributed by atoms with van der Waals surface area (Å²) in [6.07, 6.45) is 48.7. The number of quaternary nitrogens is 1. The number of hydrogen-bond donors (Lipinski definition) is 1. The highest BCUT2D eigenvalue weighted by Gasteiger charge is 2.31. The van der Waals surface area contributed by atoms with Gasteiger partial charge in [0.1, 0.15) is 6.61 Å². The van der Waals surface area contributed by atoms with Crippen molar-refractivity contribution in [2.45, 2.75) is 283 Å². The molecular formula is C53H104NO7+. The lowest BCUT2D eigenvalue weighted by Gasteiger charge is -2.31. The van der Waals surface area contributed by atoms with Crippen LogP contribution in [0.4, 0.5) is 0 Å². The van der Waals surface area contributed by atoms with Crippen LogP contribution < -0.4 is 0 Å². The molecule has 0 aromatic heterocycles. The number of aliphatic carboxylic acids is 1. The molecule has 2 unspecified atom stereocenters. The van der Waals surface area contributed by atoms with Gasteiger partial charge in [0.2, 0.25) is 0 Å². The Morgan fingerprint density at radius 2 is 0.721 bits per heavy atom. The smallest absolute Gasteiger partial charge is 0.362 e. The molecule has 0 aliphatic rings. The van der Waals surface area contributed by atoms with Crippen molar-refractivity contribution in [3.63, 3.8) is 0 Å². The number of ether oxygens (including phenoxy) is 3. The summed E-state index contributed by atoms with van der Waals surface area (Å²) in [6, 6.07) is -0.609. The van der Waals surface area contributed by atoms with Crippen LogP contribution in [0.15, 0.2) is 0 Å². The van der Waals surface area contributed by atoms with E-state index in [-0.39, 0.29) is 36.2 Å². The lowest BCUT2D eigenvalue weighted by Crippen LogP contribution is -2.50. The fraction of sp³-hybridized carbons (Fsp3) is 0.943. The molecular weight excluding hydrogens is 763 g/mol. The largest absolute Gasteiger partial charge is 0.477 e. The minimum absolute atomic E-state index is 0.0412. The van der Waals surface area contributed by atoms with Gasteiger partial charge in [0.05, 0.1) is 34.4 Å². The Morgan fingerprint density at radius 3 is 1.02 bits per heavy atom. The first-order valence-corrected chi connectivity index (χ1v) is 26.6. The molecule has 0 fully saturated rings. The van der Waals surface area contributed by atoms with Crippen molar-refractivity contribution in [2.75, 3.05) is 41.0 Å². The van der Waals surface area contributed by atoms with Gasteiger partial charge in [-0.25, -0.2) is 4.79 Å². The first-order valence-electron chi connectivity index (χ1n) is 26.6. The number of carboxylic acid groups (broad SMARTS) is 1. The van der Waals surface area contributed by atoms with Gasteiger partial charge in [-0.15, -0.1) is 0 Å². The molecule has 0 spiro atoms. The van der Waals surface area contributed by atoms with Crippen LogP contribution in [0.3, 0.4) is 0 Å². The molecule has 1 N–H and O–H groups in total. The second-order valence-corrected chi connectivity index (χ2v) is 19.5. The van der Waals surface area contributed by atoms with Crippen LogP contribution in [0.2, 0.25) is 0 Å². The van der Waals surface area contributed by atoms with E-state index in [1.165, 1.54) is 199 Å². The molecule has 0 rings (SSSR count). The average molecular weight is 867 g/mol. The van der Waals surface area contributed by atoms with Crippen LogP contribution in [0, 0.1) is 0 Å². The molecule has 362 valence electrons. The van der Waals surface area contributed by atoms with Gasteiger partial charge < -0.3 is 23.8 Å². The zero-order chi connectivity index (χ0) is 44.9. The highest BCUT2D eigenvalue weighted by atomic mass is 16.6. The average Bonchev–Trinajstić information content (AvgIpc) is 3.22. The number of nitrogens with zero attached hydrogens (tertiary/aromatic N) is 1. The Labute approximate surface area is 378 Å². The molecule has 61 heavy (non-hydrogen) atoms. The monoisotopic (exact) mass is 867 g/mol. The summed E-state index contributed by atoms with van der Waals surface area (Å²) in [5.74, 6) is -1.44.